The lowest BCUT2D eigenvalue weighted by atomic mass is 10.5. The number of rotatable bonds is 2. The Morgan fingerprint density at radius 1 is 1.57 bits per heavy atom. The third kappa shape index (κ3) is 5.82. The third-order valence-electron chi connectivity index (χ3n) is 0.361. The van der Waals surface area contributed by atoms with Gasteiger partial charge < -0.3 is 0 Å². The molecule has 0 aromatic heterocycles. The Bertz CT molecular complexity index is 66.1. The van der Waals surface area contributed by atoms with Crippen LogP contribution in [0.3, 0.4) is 0 Å². The standard InChI is InChI=1S/C4H10N2S/c1-4(2)5-6-7-3/h6H,1-3H3. The predicted octanol–water partition coefficient (Wildman–Crippen LogP) is 1.25. The Hall–Kier alpha value is -0.180. The van der Waals surface area contributed by atoms with Crippen LogP contribution < -0.4 is 4.83 Å². The Morgan fingerprint density at radius 3 is 2.29 bits per heavy atom. The molecule has 0 saturated carbocycles. The van der Waals surface area contributed by atoms with Crippen LogP contribution in [-0.4, -0.2) is 12.0 Å². The largest absolute Gasteiger partial charge is 0.252 e. The molecule has 0 atom stereocenters. The summed E-state index contributed by atoms with van der Waals surface area (Å²) in [6, 6.07) is 0. The van der Waals surface area contributed by atoms with Gasteiger partial charge in [0.2, 0.25) is 0 Å². The summed E-state index contributed by atoms with van der Waals surface area (Å²) < 4.78 is 0. The zero-order chi connectivity index (χ0) is 5.70. The molecule has 1 N–H and O–H groups in total. The van der Waals surface area contributed by atoms with Gasteiger partial charge in [-0.25, -0.2) is 0 Å². The average molecular weight is 118 g/mol. The fourth-order valence-corrected chi connectivity index (χ4v) is 0.411. The van der Waals surface area contributed by atoms with Gasteiger partial charge >= 0.3 is 0 Å². The van der Waals surface area contributed by atoms with Crippen LogP contribution in [0, 0.1) is 0 Å². The molecule has 0 saturated heterocycles. The molecule has 0 bridgehead atoms. The van der Waals surface area contributed by atoms with Gasteiger partial charge in [0, 0.05) is 12.0 Å². The summed E-state index contributed by atoms with van der Waals surface area (Å²) in [5, 5.41) is 3.87. The van der Waals surface area contributed by atoms with Crippen molar-refractivity contribution in [2.75, 3.05) is 6.26 Å². The second-order valence-corrected chi connectivity index (χ2v) is 1.95. The van der Waals surface area contributed by atoms with Gasteiger partial charge in [0.25, 0.3) is 0 Å². The molecule has 2 nitrogen and oxygen atoms in total. The van der Waals surface area contributed by atoms with E-state index in [1.807, 2.05) is 20.1 Å². The van der Waals surface area contributed by atoms with E-state index in [0.29, 0.717) is 0 Å². The molecule has 42 valence electrons. The first-order valence-electron chi connectivity index (χ1n) is 2.06. The molecule has 0 heterocycles. The zero-order valence-corrected chi connectivity index (χ0v) is 5.67. The molecule has 7 heavy (non-hydrogen) atoms. The number of nitrogens with zero attached hydrogens (tertiary/aromatic N) is 1. The minimum atomic E-state index is 1.05. The first kappa shape index (κ1) is 6.82. The molecule has 0 aromatic rings. The molecule has 0 radical (unpaired) electrons. The second-order valence-electron chi connectivity index (χ2n) is 1.35. The highest BCUT2D eigenvalue weighted by Gasteiger charge is 1.71. The second kappa shape index (κ2) is 3.99. The van der Waals surface area contributed by atoms with Crippen molar-refractivity contribution in [2.24, 2.45) is 5.10 Å². The zero-order valence-electron chi connectivity index (χ0n) is 4.86. The van der Waals surface area contributed by atoms with Crippen LogP contribution in [0.4, 0.5) is 0 Å². The van der Waals surface area contributed by atoms with Gasteiger partial charge in [0.15, 0.2) is 0 Å². The maximum Gasteiger partial charge on any atom is 0.0326 e. The lowest BCUT2D eigenvalue weighted by Gasteiger charge is -1.89. The van der Waals surface area contributed by atoms with Crippen LogP contribution in [0.15, 0.2) is 5.10 Å². The Morgan fingerprint density at radius 2 is 2.14 bits per heavy atom. The van der Waals surface area contributed by atoms with E-state index in [2.05, 4.69) is 9.93 Å². The van der Waals surface area contributed by atoms with Gasteiger partial charge in [-0.05, 0) is 25.8 Å². The summed E-state index contributed by atoms with van der Waals surface area (Å²) >= 11 is 1.49. The number of nitrogens with one attached hydrogen (secondary N) is 1. The first-order valence-corrected chi connectivity index (χ1v) is 3.28. The van der Waals surface area contributed by atoms with E-state index in [9.17, 15) is 0 Å². The molecule has 0 aliphatic heterocycles. The quantitative estimate of drug-likeness (QED) is 0.335. The SMILES string of the molecule is CSNN=C(C)C. The molecule has 3 heteroatoms. The maximum absolute atomic E-state index is 3.87. The van der Waals surface area contributed by atoms with Crippen molar-refractivity contribution in [2.45, 2.75) is 13.8 Å². The van der Waals surface area contributed by atoms with Gasteiger partial charge in [-0.15, -0.1) is 0 Å². The van der Waals surface area contributed by atoms with E-state index >= 15 is 0 Å². The van der Waals surface area contributed by atoms with E-state index in [1.54, 1.807) is 0 Å². The Labute approximate surface area is 48.5 Å². The van der Waals surface area contributed by atoms with E-state index in [1.165, 1.54) is 11.9 Å². The fourth-order valence-electron chi connectivity index (χ4n) is 0.137. The summed E-state index contributed by atoms with van der Waals surface area (Å²) in [7, 11) is 0. The highest BCUT2D eigenvalue weighted by molar-refractivity contribution is 7.96. The molecule has 0 aliphatic rings. The van der Waals surface area contributed by atoms with Gasteiger partial charge in [-0.1, -0.05) is 0 Å². The van der Waals surface area contributed by atoms with Crippen LogP contribution in [-0.2, 0) is 0 Å². The highest BCUT2D eigenvalue weighted by Crippen LogP contribution is 1.80. The minimum Gasteiger partial charge on any atom is -0.252 e. The van der Waals surface area contributed by atoms with E-state index < -0.39 is 0 Å². The molecule has 0 unspecified atom stereocenters. The van der Waals surface area contributed by atoms with Gasteiger partial charge in [-0.3, -0.25) is 4.83 Å². The van der Waals surface area contributed by atoms with Crippen molar-refractivity contribution < 1.29 is 0 Å². The molecule has 0 spiro atoms. The van der Waals surface area contributed by atoms with Gasteiger partial charge in [0.1, 0.15) is 0 Å². The molecule has 0 rings (SSSR count). The first-order chi connectivity index (χ1) is 3.27. The van der Waals surface area contributed by atoms with Crippen LogP contribution in [0.25, 0.3) is 0 Å². The number of hydrazone groups is 1. The topological polar surface area (TPSA) is 24.4 Å². The Kier molecular flexibility index (Phi) is 3.89. The van der Waals surface area contributed by atoms with Crippen molar-refractivity contribution in [3.05, 3.63) is 0 Å². The molecule has 0 fully saturated rings. The summed E-state index contributed by atoms with van der Waals surface area (Å²) in [6.45, 7) is 3.90. The van der Waals surface area contributed by atoms with Crippen LogP contribution in [0.5, 0.6) is 0 Å². The minimum absolute atomic E-state index is 1.05. The molecular formula is C4H10N2S. The van der Waals surface area contributed by atoms with E-state index in [0.717, 1.165) is 5.71 Å². The summed E-state index contributed by atoms with van der Waals surface area (Å²) in [4.78, 5) is 2.75. The summed E-state index contributed by atoms with van der Waals surface area (Å²) in [6.07, 6.45) is 1.94. The number of hydrogen-bond acceptors (Lipinski definition) is 3. The summed E-state index contributed by atoms with van der Waals surface area (Å²) in [5.74, 6) is 0. The van der Waals surface area contributed by atoms with Crippen molar-refractivity contribution in [1.29, 1.82) is 0 Å². The monoisotopic (exact) mass is 118 g/mol. The number of hydrogen-bond donors (Lipinski definition) is 1. The maximum atomic E-state index is 3.87. The van der Waals surface area contributed by atoms with Gasteiger partial charge in [0.05, 0.1) is 0 Å². The highest BCUT2D eigenvalue weighted by atomic mass is 32.2. The van der Waals surface area contributed by atoms with Crippen LogP contribution in [0.2, 0.25) is 0 Å². The molecule has 0 aromatic carbocycles. The van der Waals surface area contributed by atoms with Crippen molar-refractivity contribution in [3.8, 4) is 0 Å². The third-order valence-corrected chi connectivity index (χ3v) is 0.634. The predicted molar refractivity (Wildman–Crippen MR) is 35.4 cm³/mol. The van der Waals surface area contributed by atoms with Crippen molar-refractivity contribution in [1.82, 2.24) is 4.83 Å². The smallest absolute Gasteiger partial charge is 0.0326 e. The lowest BCUT2D eigenvalue weighted by molar-refractivity contribution is 1.11. The normalized spacial score (nSPS) is 7.86. The lowest BCUT2D eigenvalue weighted by Crippen LogP contribution is -1.93. The van der Waals surface area contributed by atoms with Crippen LogP contribution in [0.1, 0.15) is 13.8 Å². The van der Waals surface area contributed by atoms with Crippen molar-refractivity contribution in [3.63, 3.8) is 0 Å². The van der Waals surface area contributed by atoms with E-state index in [4.69, 9.17) is 0 Å². The fraction of sp³-hybridized carbons (Fsp3) is 0.750. The molecule has 0 aliphatic carbocycles. The average Bonchev–Trinajstić information content (AvgIpc) is 1.61. The molecule has 0 amide bonds. The van der Waals surface area contributed by atoms with Crippen LogP contribution >= 0.6 is 11.9 Å². The Balaban J connectivity index is 3.08. The van der Waals surface area contributed by atoms with Gasteiger partial charge in [-0.2, -0.15) is 5.10 Å². The van der Waals surface area contributed by atoms with E-state index in [-0.39, 0.29) is 0 Å². The van der Waals surface area contributed by atoms with Crippen molar-refractivity contribution >= 4 is 17.7 Å². The molecular weight excluding hydrogens is 108 g/mol. The summed E-state index contributed by atoms with van der Waals surface area (Å²) in [5.41, 5.74) is 1.05.